The molecule has 1 amide bonds. The van der Waals surface area contributed by atoms with Gasteiger partial charge in [-0.25, -0.2) is 16.0 Å². The summed E-state index contributed by atoms with van der Waals surface area (Å²) < 4.78 is 35.8. The maximum atomic E-state index is 13.2. The first-order chi connectivity index (χ1) is 17.4. The van der Waals surface area contributed by atoms with Crippen molar-refractivity contribution in [2.45, 2.75) is 77.6 Å². The van der Waals surface area contributed by atoms with Crippen molar-refractivity contribution in [2.24, 2.45) is 0 Å². The van der Waals surface area contributed by atoms with E-state index in [1.54, 1.807) is 14.0 Å². The molecule has 12 nitrogen and oxygen atoms in total. The number of likely N-dealkylation sites (N-methyl/N-ethyl adjacent to an activating group) is 1. The summed E-state index contributed by atoms with van der Waals surface area (Å²) in [6.07, 6.45) is -0.457. The first-order valence-electron chi connectivity index (χ1n) is 12.3. The second-order valence-electron chi connectivity index (χ2n) is 8.83. The SMILES string of the molecule is [2H]C[C@@]12O[C@@H](n3cc(C)c(=O)[nH]c3=O)[C@@H]([C@@H]1OP(OCC[N+]#[C-])N(C(C)C)C(C)C)N(C)C2=O.[3H]OC. The first-order valence-corrected chi connectivity index (χ1v) is 12.3. The number of H-pyrrole nitrogens is 1. The van der Waals surface area contributed by atoms with E-state index in [0.717, 1.165) is 0 Å². The lowest BCUT2D eigenvalue weighted by molar-refractivity contribution is -0.171. The molecule has 2 bridgehead atoms. The molecule has 5 atom stereocenters. The number of aliphatic hydroxyl groups is 1. The number of aromatic amines is 1. The maximum Gasteiger partial charge on any atom is 0.330 e. The number of aryl methyl sites for hydroxylation is 1. The minimum absolute atomic E-state index is 0.0414. The van der Waals surface area contributed by atoms with Gasteiger partial charge in [0.2, 0.25) is 7.98 Å². The third kappa shape index (κ3) is 5.50. The summed E-state index contributed by atoms with van der Waals surface area (Å²) >= 11 is 0. The molecule has 35 heavy (non-hydrogen) atoms. The molecule has 0 saturated carbocycles. The lowest BCUT2D eigenvalue weighted by atomic mass is 10.0. The number of morpholine rings is 1. The number of carbonyl (C=O) groups is 1. The first kappa shape index (κ1) is 25.9. The van der Waals surface area contributed by atoms with Crippen molar-refractivity contribution in [3.8, 4) is 0 Å². The third-order valence-corrected chi connectivity index (χ3v) is 7.91. The number of ether oxygens (including phenoxy) is 1. The summed E-state index contributed by atoms with van der Waals surface area (Å²) in [5.74, 6) is -0.403. The summed E-state index contributed by atoms with van der Waals surface area (Å²) in [4.78, 5) is 44.7. The van der Waals surface area contributed by atoms with Crippen LogP contribution in [0.5, 0.6) is 0 Å². The number of nitrogens with zero attached hydrogens (tertiary/aromatic N) is 4. The molecule has 2 saturated heterocycles. The van der Waals surface area contributed by atoms with Gasteiger partial charge >= 0.3 is 5.69 Å². The number of amides is 1. The van der Waals surface area contributed by atoms with E-state index in [9.17, 15) is 14.4 Å². The summed E-state index contributed by atoms with van der Waals surface area (Å²) in [5, 5.41) is 3.50. The van der Waals surface area contributed by atoms with Crippen molar-refractivity contribution in [3.63, 3.8) is 0 Å². The van der Waals surface area contributed by atoms with Crippen molar-refractivity contribution >= 4 is 14.4 Å². The van der Waals surface area contributed by atoms with Crippen LogP contribution in [0.2, 0.25) is 0 Å². The van der Waals surface area contributed by atoms with E-state index >= 15 is 0 Å². The Labute approximate surface area is 209 Å². The van der Waals surface area contributed by atoms with Crippen LogP contribution < -0.4 is 11.2 Å². The van der Waals surface area contributed by atoms with Crippen molar-refractivity contribution in [1.29, 1.82) is 1.43 Å². The summed E-state index contributed by atoms with van der Waals surface area (Å²) in [5.41, 5.74) is -2.49. The highest BCUT2D eigenvalue weighted by molar-refractivity contribution is 7.44. The number of likely N-dealkylation sites (tertiary alicyclic amines) is 1. The standard InChI is InChI=1S/C21H32N5O6P.CH4O/c1-12(2)26(13(3)4)33(30-10-9-22-7)32-16-15-18(31-21(16,6)19(28)24(15)8)25-11-14(5)17(27)23-20(25)29;1-2/h11-13,15-16,18H,9-10H2,1-6,8H3,(H,23,27,29);2H,1H3/t15-,16+,18-,21-,33?;/m1./s1/i6D;2T. The van der Waals surface area contributed by atoms with Gasteiger partial charge in [-0.05, 0) is 41.5 Å². The van der Waals surface area contributed by atoms with Gasteiger partial charge in [0.05, 0.1) is 0 Å². The molecule has 2 fully saturated rings. The van der Waals surface area contributed by atoms with Crippen molar-refractivity contribution in [2.75, 3.05) is 27.3 Å². The molecule has 3 rings (SSSR count). The zero-order chi connectivity index (χ0) is 28.1. The Balaban J connectivity index is 0.00000153. The second kappa shape index (κ2) is 11.7. The van der Waals surface area contributed by atoms with Crippen molar-refractivity contribution in [1.82, 2.24) is 19.1 Å². The van der Waals surface area contributed by atoms with Crippen LogP contribution in [0.3, 0.4) is 0 Å². The number of hydrogen-bond acceptors (Lipinski definition) is 8. The monoisotopic (exact) mass is 516 g/mol. The minimum atomic E-state index is -1.72. The Bertz CT molecular complexity index is 1090. The van der Waals surface area contributed by atoms with E-state index < -0.39 is 56.6 Å². The van der Waals surface area contributed by atoms with E-state index in [-0.39, 0.29) is 25.2 Å². The zero-order valence-corrected chi connectivity index (χ0v) is 22.1. The van der Waals surface area contributed by atoms with E-state index in [4.69, 9.17) is 23.2 Å². The van der Waals surface area contributed by atoms with Gasteiger partial charge in [-0.15, -0.1) is 0 Å². The van der Waals surface area contributed by atoms with E-state index in [0.29, 0.717) is 5.56 Å². The average Bonchev–Trinajstić information content (AvgIpc) is 3.24. The molecule has 2 aliphatic heterocycles. The molecule has 3 heterocycles. The molecule has 13 heteroatoms. The van der Waals surface area contributed by atoms with Gasteiger partial charge in [-0.3, -0.25) is 19.1 Å². The van der Waals surface area contributed by atoms with Gasteiger partial charge in [0.25, 0.3) is 20.0 Å². The number of rotatable bonds is 9. The highest BCUT2D eigenvalue weighted by Crippen LogP contribution is 2.55. The molecule has 0 spiro atoms. The number of carbonyl (C=O) groups excluding carboxylic acids is 1. The number of hydrogen-bond donors (Lipinski definition) is 2. The molecular formula is C22H36N5O7P. The fraction of sp³-hybridized carbons (Fsp3) is 0.727. The average molecular weight is 517 g/mol. The normalized spacial score (nSPS) is 27.1. The Hall–Kier alpha value is -2.13. The summed E-state index contributed by atoms with van der Waals surface area (Å²) in [7, 11) is 1.16. The molecule has 0 radical (unpaired) electrons. The number of nitrogens with one attached hydrogen (secondary N) is 1. The molecule has 0 aromatic carbocycles. The van der Waals surface area contributed by atoms with Crippen LogP contribution in [0.4, 0.5) is 0 Å². The maximum absolute atomic E-state index is 13.2. The lowest BCUT2D eigenvalue weighted by Crippen LogP contribution is -2.49. The van der Waals surface area contributed by atoms with Crippen LogP contribution in [0.25, 0.3) is 4.85 Å². The fourth-order valence-electron chi connectivity index (χ4n) is 4.31. The molecule has 196 valence electrons. The largest absolute Gasteiger partial charge is 0.400 e. The highest BCUT2D eigenvalue weighted by Gasteiger charge is 2.68. The number of aliphatic hydroxyl groups excluding tert-OH is 1. The molecule has 1 aromatic rings. The van der Waals surface area contributed by atoms with Crippen LogP contribution in [0, 0.1) is 13.5 Å². The Morgan fingerprint density at radius 1 is 1.43 bits per heavy atom. The Morgan fingerprint density at radius 2 is 2.06 bits per heavy atom. The molecule has 2 aliphatic rings. The molecule has 0 aliphatic carbocycles. The molecular weight excluding hydrogens is 477 g/mol. The van der Waals surface area contributed by atoms with Crippen LogP contribution in [0.15, 0.2) is 15.8 Å². The van der Waals surface area contributed by atoms with Gasteiger partial charge in [0.1, 0.15) is 18.8 Å². The van der Waals surface area contributed by atoms with Crippen molar-refractivity contribution in [3.05, 3.63) is 44.0 Å². The van der Waals surface area contributed by atoms with Gasteiger partial charge in [-0.1, -0.05) is 0 Å². The Morgan fingerprint density at radius 3 is 2.60 bits per heavy atom. The van der Waals surface area contributed by atoms with Gasteiger partial charge < -0.3 is 28.6 Å². The molecule has 1 aromatic heterocycles. The van der Waals surface area contributed by atoms with Gasteiger partial charge in [-0.2, -0.15) is 0 Å². The van der Waals surface area contributed by atoms with Gasteiger partial charge in [0.15, 0.2) is 11.8 Å². The van der Waals surface area contributed by atoms with Gasteiger partial charge in [0, 0.05) is 39.4 Å². The van der Waals surface area contributed by atoms with Crippen LogP contribution in [0.1, 0.15) is 47.8 Å². The molecule has 1 unspecified atom stereocenters. The summed E-state index contributed by atoms with van der Waals surface area (Å²) in [6, 6.07) is -0.643. The predicted molar refractivity (Wildman–Crippen MR) is 131 cm³/mol. The van der Waals surface area contributed by atoms with Crippen LogP contribution >= 0.6 is 8.53 Å². The van der Waals surface area contributed by atoms with E-state index in [1.165, 1.54) is 22.8 Å². The second-order valence-corrected chi connectivity index (χ2v) is 10.2. The Kier molecular flexibility index (Phi) is 8.70. The topological polar surface area (TPSA) is 131 Å². The number of fused-ring (bicyclic) bond motifs is 2. The van der Waals surface area contributed by atoms with E-state index in [2.05, 4.69) is 14.9 Å². The third-order valence-electron chi connectivity index (χ3n) is 5.80. The minimum Gasteiger partial charge on any atom is -0.400 e. The number of aromatic nitrogens is 2. The van der Waals surface area contributed by atoms with Crippen LogP contribution in [-0.4, -0.2) is 88.7 Å². The van der Waals surface area contributed by atoms with Crippen molar-refractivity contribution < 1.29 is 25.1 Å². The predicted octanol–water partition coefficient (Wildman–Crippen LogP) is 1.25. The summed E-state index contributed by atoms with van der Waals surface area (Å²) in [6.45, 7) is 16.5. The quantitative estimate of drug-likeness (QED) is 0.285. The van der Waals surface area contributed by atoms with E-state index in [1.807, 2.05) is 32.4 Å². The van der Waals surface area contributed by atoms with Crippen LogP contribution in [-0.2, 0) is 18.6 Å². The zero-order valence-electron chi connectivity index (χ0n) is 23.2. The highest BCUT2D eigenvalue weighted by atomic mass is 31.2. The molecule has 2 N–H and O–H groups in total. The smallest absolute Gasteiger partial charge is 0.330 e. The fourth-order valence-corrected chi connectivity index (χ4v) is 6.09. The lowest BCUT2D eigenvalue weighted by Gasteiger charge is -2.37.